The number of aromatic carboxylic acids is 1. The predicted molar refractivity (Wildman–Crippen MR) is 80.4 cm³/mol. The quantitative estimate of drug-likeness (QED) is 0.383. The van der Waals surface area contributed by atoms with Crippen LogP contribution in [0, 0.1) is 13.8 Å². The van der Waals surface area contributed by atoms with Crippen molar-refractivity contribution in [2.75, 3.05) is 5.94 Å². The number of thioether (sulfide) groups is 1. The molecule has 0 saturated carbocycles. The van der Waals surface area contributed by atoms with Gasteiger partial charge in [-0.3, -0.25) is 0 Å². The molecule has 0 fully saturated rings. The zero-order valence-corrected chi connectivity index (χ0v) is 12.7. The fraction of sp³-hybridized carbons (Fsp3) is 0.267. The molecule has 110 valence electrons. The Balaban J connectivity index is 1.98. The van der Waals surface area contributed by atoms with Crippen LogP contribution in [-0.4, -0.2) is 27.0 Å². The van der Waals surface area contributed by atoms with Gasteiger partial charge in [-0.1, -0.05) is 42.1 Å². The smallest absolute Gasteiger partial charge is 0.340 e. The Kier molecular flexibility index (Phi) is 5.30. The lowest BCUT2D eigenvalue weighted by Gasteiger charge is -2.09. The highest BCUT2D eigenvalue weighted by Gasteiger charge is 2.17. The molecule has 0 aliphatic rings. The first kappa shape index (κ1) is 15.5. The molecule has 0 unspecified atom stereocenters. The molecule has 21 heavy (non-hydrogen) atoms. The van der Waals surface area contributed by atoms with Crippen molar-refractivity contribution in [1.82, 2.24) is 9.97 Å². The second-order valence-corrected chi connectivity index (χ2v) is 5.35. The van der Waals surface area contributed by atoms with Gasteiger partial charge >= 0.3 is 5.97 Å². The first-order valence-corrected chi connectivity index (χ1v) is 7.39. The number of aromatic nitrogens is 2. The van der Waals surface area contributed by atoms with Crippen molar-refractivity contribution in [3.05, 3.63) is 53.0 Å². The summed E-state index contributed by atoms with van der Waals surface area (Å²) in [7, 11) is 0. The molecule has 0 amide bonds. The summed E-state index contributed by atoms with van der Waals surface area (Å²) >= 11 is 1.27. The molecule has 2 aromatic rings. The zero-order chi connectivity index (χ0) is 15.2. The lowest BCUT2D eigenvalue weighted by atomic mass is 10.2. The summed E-state index contributed by atoms with van der Waals surface area (Å²) in [6.45, 7) is 3.90. The van der Waals surface area contributed by atoms with E-state index in [0.717, 1.165) is 5.56 Å². The van der Waals surface area contributed by atoms with Crippen LogP contribution in [0.2, 0.25) is 0 Å². The van der Waals surface area contributed by atoms with Crippen molar-refractivity contribution < 1.29 is 14.6 Å². The van der Waals surface area contributed by atoms with Crippen molar-refractivity contribution in [3.63, 3.8) is 0 Å². The largest absolute Gasteiger partial charge is 0.478 e. The monoisotopic (exact) mass is 304 g/mol. The molecule has 6 heteroatoms. The van der Waals surface area contributed by atoms with Crippen LogP contribution in [0.15, 0.2) is 35.4 Å². The first-order chi connectivity index (χ1) is 10.1. The van der Waals surface area contributed by atoms with Crippen LogP contribution in [0.3, 0.4) is 0 Å². The molecule has 1 aromatic heterocycles. The minimum atomic E-state index is -1.02. The summed E-state index contributed by atoms with van der Waals surface area (Å²) in [6, 6.07) is 9.81. The van der Waals surface area contributed by atoms with Crippen molar-refractivity contribution in [2.45, 2.75) is 25.5 Å². The second kappa shape index (κ2) is 7.19. The van der Waals surface area contributed by atoms with Crippen LogP contribution in [0.25, 0.3) is 0 Å². The van der Waals surface area contributed by atoms with Crippen LogP contribution in [0.1, 0.15) is 27.4 Å². The minimum absolute atomic E-state index is 0.147. The summed E-state index contributed by atoms with van der Waals surface area (Å²) in [4.78, 5) is 19.5. The standard InChI is InChI=1S/C15H16N2O3S/c1-10-13(15(18)19)14(17-11(2)16-10)21-9-20-8-12-6-4-3-5-7-12/h3-7H,8-9H2,1-2H3,(H,18,19). The normalized spacial score (nSPS) is 10.6. The van der Waals surface area contributed by atoms with Gasteiger partial charge in [0.2, 0.25) is 0 Å². The van der Waals surface area contributed by atoms with Crippen LogP contribution >= 0.6 is 11.8 Å². The Morgan fingerprint density at radius 2 is 1.95 bits per heavy atom. The van der Waals surface area contributed by atoms with Gasteiger partial charge in [0.1, 0.15) is 16.4 Å². The molecular formula is C15H16N2O3S. The Morgan fingerprint density at radius 1 is 1.24 bits per heavy atom. The van der Waals surface area contributed by atoms with E-state index >= 15 is 0 Å². The highest BCUT2D eigenvalue weighted by atomic mass is 32.2. The van der Waals surface area contributed by atoms with E-state index in [-0.39, 0.29) is 5.56 Å². The van der Waals surface area contributed by atoms with E-state index in [4.69, 9.17) is 4.74 Å². The Hall–Kier alpha value is -1.92. The number of nitrogens with zero attached hydrogens (tertiary/aromatic N) is 2. The Labute approximate surface area is 127 Å². The number of benzene rings is 1. The first-order valence-electron chi connectivity index (χ1n) is 6.41. The molecule has 0 spiro atoms. The summed E-state index contributed by atoms with van der Waals surface area (Å²) in [6.07, 6.45) is 0. The number of hydrogen-bond donors (Lipinski definition) is 1. The van der Waals surface area contributed by atoms with Gasteiger partial charge in [-0.25, -0.2) is 14.8 Å². The zero-order valence-electron chi connectivity index (χ0n) is 11.9. The molecule has 0 bridgehead atoms. The molecule has 1 heterocycles. The van der Waals surface area contributed by atoms with E-state index in [0.29, 0.717) is 29.1 Å². The van der Waals surface area contributed by atoms with Gasteiger partial charge in [0.05, 0.1) is 18.2 Å². The molecule has 2 rings (SSSR count). The highest BCUT2D eigenvalue weighted by Crippen LogP contribution is 2.23. The van der Waals surface area contributed by atoms with Crippen LogP contribution in [0.4, 0.5) is 0 Å². The molecule has 1 aromatic carbocycles. The minimum Gasteiger partial charge on any atom is -0.478 e. The molecule has 0 saturated heterocycles. The number of rotatable bonds is 6. The van der Waals surface area contributed by atoms with E-state index in [2.05, 4.69) is 9.97 Å². The third-order valence-corrected chi connectivity index (χ3v) is 3.63. The average molecular weight is 304 g/mol. The van der Waals surface area contributed by atoms with E-state index in [9.17, 15) is 9.90 Å². The van der Waals surface area contributed by atoms with E-state index < -0.39 is 5.97 Å². The van der Waals surface area contributed by atoms with E-state index in [1.54, 1.807) is 13.8 Å². The predicted octanol–water partition coefficient (Wildman–Crippen LogP) is 3.06. The summed E-state index contributed by atoms with van der Waals surface area (Å²) in [5.41, 5.74) is 1.70. The van der Waals surface area contributed by atoms with Gasteiger partial charge in [-0.15, -0.1) is 0 Å². The maximum atomic E-state index is 11.3. The van der Waals surface area contributed by atoms with Crippen LogP contribution in [0.5, 0.6) is 0 Å². The van der Waals surface area contributed by atoms with Gasteiger partial charge in [0.15, 0.2) is 0 Å². The Bertz CT molecular complexity index is 632. The molecule has 0 aliphatic carbocycles. The maximum absolute atomic E-state index is 11.3. The number of carbonyl (C=O) groups is 1. The number of carboxylic acids is 1. The molecule has 5 nitrogen and oxygen atoms in total. The lowest BCUT2D eigenvalue weighted by Crippen LogP contribution is -2.08. The summed E-state index contributed by atoms with van der Waals surface area (Å²) < 4.78 is 5.55. The van der Waals surface area contributed by atoms with Gasteiger partial charge in [0.25, 0.3) is 0 Å². The fourth-order valence-electron chi connectivity index (χ4n) is 1.86. The maximum Gasteiger partial charge on any atom is 0.340 e. The highest BCUT2D eigenvalue weighted by molar-refractivity contribution is 7.99. The van der Waals surface area contributed by atoms with Crippen molar-refractivity contribution in [3.8, 4) is 0 Å². The van der Waals surface area contributed by atoms with Gasteiger partial charge < -0.3 is 9.84 Å². The molecule has 0 radical (unpaired) electrons. The van der Waals surface area contributed by atoms with Gasteiger partial charge in [0, 0.05) is 0 Å². The SMILES string of the molecule is Cc1nc(C)c(C(=O)O)c(SCOCc2ccccc2)n1. The van der Waals surface area contributed by atoms with Crippen molar-refractivity contribution >= 4 is 17.7 Å². The summed E-state index contributed by atoms with van der Waals surface area (Å²) in [5.74, 6) is -0.119. The van der Waals surface area contributed by atoms with Crippen molar-refractivity contribution in [1.29, 1.82) is 0 Å². The van der Waals surface area contributed by atoms with Gasteiger partial charge in [-0.05, 0) is 19.4 Å². The molecular weight excluding hydrogens is 288 g/mol. The fourth-order valence-corrected chi connectivity index (χ4v) is 2.72. The molecule has 0 atom stereocenters. The second-order valence-electron chi connectivity index (χ2n) is 4.44. The number of aryl methyl sites for hydroxylation is 2. The van der Waals surface area contributed by atoms with Crippen molar-refractivity contribution in [2.24, 2.45) is 0 Å². The van der Waals surface area contributed by atoms with Gasteiger partial charge in [-0.2, -0.15) is 0 Å². The summed E-state index contributed by atoms with van der Waals surface area (Å²) in [5, 5.41) is 9.68. The van der Waals surface area contributed by atoms with Crippen LogP contribution < -0.4 is 0 Å². The molecule has 0 aliphatic heterocycles. The number of carboxylic acid groups (broad SMARTS) is 1. The third-order valence-electron chi connectivity index (χ3n) is 2.77. The lowest BCUT2D eigenvalue weighted by molar-refractivity contribution is 0.0690. The van der Waals surface area contributed by atoms with E-state index in [1.165, 1.54) is 11.8 Å². The average Bonchev–Trinajstić information content (AvgIpc) is 2.43. The topological polar surface area (TPSA) is 72.3 Å². The third kappa shape index (κ3) is 4.27. The molecule has 1 N–H and O–H groups in total. The number of hydrogen-bond acceptors (Lipinski definition) is 5. The number of ether oxygens (including phenoxy) is 1. The van der Waals surface area contributed by atoms with E-state index in [1.807, 2.05) is 30.3 Å². The Morgan fingerprint density at radius 3 is 2.62 bits per heavy atom. The van der Waals surface area contributed by atoms with Crippen LogP contribution in [-0.2, 0) is 11.3 Å².